The number of hydrogen-bond acceptors (Lipinski definition) is 5. The standard InChI is InChI=1S/C14H18NO4P/c1-15-12(14(16)18-2)13-11(19-15)8-9-20(13,17)10-6-4-3-5-7-10/h3-7,11-13H,8-9H2,1-2H3/t11-,12+,13+,20-/m1/s1. The normalized spacial score (nSPS) is 36.8. The predicted molar refractivity (Wildman–Crippen MR) is 75.4 cm³/mol. The summed E-state index contributed by atoms with van der Waals surface area (Å²) < 4.78 is 18.3. The fourth-order valence-corrected chi connectivity index (χ4v) is 7.06. The van der Waals surface area contributed by atoms with Crippen LogP contribution in [0.25, 0.3) is 0 Å². The van der Waals surface area contributed by atoms with E-state index >= 15 is 0 Å². The molecule has 2 aliphatic heterocycles. The summed E-state index contributed by atoms with van der Waals surface area (Å²) in [5.74, 6) is -0.377. The highest BCUT2D eigenvalue weighted by atomic mass is 31.2. The molecule has 0 spiro atoms. The maximum absolute atomic E-state index is 13.5. The third kappa shape index (κ3) is 1.93. The van der Waals surface area contributed by atoms with Crippen molar-refractivity contribution in [2.24, 2.45) is 0 Å². The van der Waals surface area contributed by atoms with E-state index in [0.717, 1.165) is 5.30 Å². The highest BCUT2D eigenvalue weighted by Crippen LogP contribution is 2.61. The number of carbonyl (C=O) groups excluding carboxylic acids is 1. The van der Waals surface area contributed by atoms with Gasteiger partial charge in [0.1, 0.15) is 13.2 Å². The first-order valence-electron chi connectivity index (χ1n) is 6.70. The van der Waals surface area contributed by atoms with Crippen molar-refractivity contribution in [2.45, 2.75) is 24.2 Å². The number of rotatable bonds is 2. The zero-order chi connectivity index (χ0) is 14.3. The molecule has 1 aromatic rings. The first-order valence-corrected chi connectivity index (χ1v) is 8.66. The summed E-state index contributed by atoms with van der Waals surface area (Å²) in [6, 6.07) is 8.85. The van der Waals surface area contributed by atoms with Gasteiger partial charge in [-0.15, -0.1) is 0 Å². The van der Waals surface area contributed by atoms with Crippen LogP contribution in [-0.4, -0.2) is 49.2 Å². The monoisotopic (exact) mass is 295 g/mol. The van der Waals surface area contributed by atoms with Gasteiger partial charge in [-0.25, -0.2) is 0 Å². The van der Waals surface area contributed by atoms with Crippen LogP contribution in [0.15, 0.2) is 30.3 Å². The molecule has 6 heteroatoms. The summed E-state index contributed by atoms with van der Waals surface area (Å²) in [6.45, 7) is 0. The molecule has 0 N–H and O–H groups in total. The van der Waals surface area contributed by atoms with Crippen molar-refractivity contribution >= 4 is 18.4 Å². The van der Waals surface area contributed by atoms with Crippen LogP contribution in [0.5, 0.6) is 0 Å². The van der Waals surface area contributed by atoms with Crippen molar-refractivity contribution in [3.05, 3.63) is 30.3 Å². The van der Waals surface area contributed by atoms with E-state index in [1.165, 1.54) is 12.2 Å². The van der Waals surface area contributed by atoms with Gasteiger partial charge in [-0.1, -0.05) is 30.3 Å². The smallest absolute Gasteiger partial charge is 0.326 e. The number of hydrogen-bond donors (Lipinski definition) is 0. The van der Waals surface area contributed by atoms with Crippen molar-refractivity contribution in [1.82, 2.24) is 5.06 Å². The molecule has 1 aromatic carbocycles. The van der Waals surface area contributed by atoms with Gasteiger partial charge >= 0.3 is 5.97 Å². The number of hydroxylamine groups is 2. The van der Waals surface area contributed by atoms with Gasteiger partial charge in [-0.2, -0.15) is 5.06 Å². The molecule has 0 radical (unpaired) electrons. The van der Waals surface area contributed by atoms with Gasteiger partial charge < -0.3 is 9.30 Å². The van der Waals surface area contributed by atoms with Gasteiger partial charge in [0.25, 0.3) is 0 Å². The Morgan fingerprint density at radius 3 is 2.75 bits per heavy atom. The summed E-state index contributed by atoms with van der Waals surface area (Å²) in [6.07, 6.45) is 1.15. The molecule has 3 rings (SSSR count). The molecule has 5 nitrogen and oxygen atoms in total. The van der Waals surface area contributed by atoms with Gasteiger partial charge in [0.15, 0.2) is 0 Å². The van der Waals surface area contributed by atoms with E-state index in [1.54, 1.807) is 7.05 Å². The van der Waals surface area contributed by atoms with Crippen LogP contribution < -0.4 is 5.30 Å². The summed E-state index contributed by atoms with van der Waals surface area (Å²) in [7, 11) is 0.402. The second kappa shape index (κ2) is 4.99. The van der Waals surface area contributed by atoms with Gasteiger partial charge in [0.2, 0.25) is 0 Å². The Bertz CT molecular complexity index is 562. The Kier molecular flexibility index (Phi) is 3.44. The average molecular weight is 295 g/mol. The Morgan fingerprint density at radius 2 is 2.10 bits per heavy atom. The quantitative estimate of drug-likeness (QED) is 0.607. The van der Waals surface area contributed by atoms with Crippen molar-refractivity contribution < 1.29 is 18.9 Å². The second-order valence-electron chi connectivity index (χ2n) is 5.29. The Hall–Kier alpha value is -1.16. The van der Waals surface area contributed by atoms with Crippen molar-refractivity contribution in [3.63, 3.8) is 0 Å². The molecular formula is C14H18NO4P. The van der Waals surface area contributed by atoms with Crippen LogP contribution >= 0.6 is 7.14 Å². The highest BCUT2D eigenvalue weighted by molar-refractivity contribution is 7.72. The van der Waals surface area contributed by atoms with E-state index in [-0.39, 0.29) is 17.7 Å². The minimum absolute atomic E-state index is 0.157. The zero-order valence-electron chi connectivity index (χ0n) is 11.6. The van der Waals surface area contributed by atoms with Crippen LogP contribution in [0.4, 0.5) is 0 Å². The molecular weight excluding hydrogens is 277 g/mol. The number of esters is 1. The average Bonchev–Trinajstić information content (AvgIpc) is 2.97. The summed E-state index contributed by atoms with van der Waals surface area (Å²) in [5.41, 5.74) is -0.303. The number of benzene rings is 1. The van der Waals surface area contributed by atoms with Crippen LogP contribution in [0.3, 0.4) is 0 Å². The molecule has 20 heavy (non-hydrogen) atoms. The lowest BCUT2D eigenvalue weighted by molar-refractivity contribution is -0.170. The lowest BCUT2D eigenvalue weighted by atomic mass is 10.1. The fourth-order valence-electron chi connectivity index (χ4n) is 3.34. The Labute approximate surface area is 118 Å². The predicted octanol–water partition coefficient (Wildman–Crippen LogP) is 1.23. The number of carbonyl (C=O) groups is 1. The van der Waals surface area contributed by atoms with E-state index in [1.807, 2.05) is 30.3 Å². The minimum Gasteiger partial charge on any atom is -0.468 e. The van der Waals surface area contributed by atoms with E-state index in [4.69, 9.17) is 9.57 Å². The van der Waals surface area contributed by atoms with E-state index in [2.05, 4.69) is 0 Å². The zero-order valence-corrected chi connectivity index (χ0v) is 12.5. The molecule has 0 aliphatic carbocycles. The Balaban J connectivity index is 2.02. The van der Waals surface area contributed by atoms with E-state index < -0.39 is 13.2 Å². The first kappa shape index (κ1) is 13.8. The number of likely N-dealkylation sites (N-methyl/N-ethyl adjacent to an activating group) is 1. The third-order valence-corrected chi connectivity index (χ3v) is 7.93. The minimum atomic E-state index is -2.65. The maximum atomic E-state index is 13.5. The van der Waals surface area contributed by atoms with Crippen LogP contribution in [0, 0.1) is 0 Å². The van der Waals surface area contributed by atoms with Gasteiger partial charge in [-0.05, 0) is 6.42 Å². The van der Waals surface area contributed by atoms with E-state index in [9.17, 15) is 9.36 Å². The van der Waals surface area contributed by atoms with Gasteiger partial charge in [0, 0.05) is 18.5 Å². The highest BCUT2D eigenvalue weighted by Gasteiger charge is 2.59. The Morgan fingerprint density at radius 1 is 1.40 bits per heavy atom. The fraction of sp³-hybridized carbons (Fsp3) is 0.500. The lowest BCUT2D eigenvalue weighted by Crippen LogP contribution is -2.41. The van der Waals surface area contributed by atoms with E-state index in [0.29, 0.717) is 12.6 Å². The van der Waals surface area contributed by atoms with Crippen LogP contribution in [0.2, 0.25) is 0 Å². The third-order valence-electron chi connectivity index (χ3n) is 4.26. The molecule has 2 heterocycles. The molecule has 0 amide bonds. The topological polar surface area (TPSA) is 55.8 Å². The summed E-state index contributed by atoms with van der Waals surface area (Å²) >= 11 is 0. The van der Waals surface area contributed by atoms with Crippen LogP contribution in [0.1, 0.15) is 6.42 Å². The summed E-state index contributed by atoms with van der Waals surface area (Å²) in [4.78, 5) is 17.7. The largest absolute Gasteiger partial charge is 0.468 e. The molecule has 0 aromatic heterocycles. The van der Waals surface area contributed by atoms with Crippen molar-refractivity contribution in [3.8, 4) is 0 Å². The molecule has 108 valence electrons. The lowest BCUT2D eigenvalue weighted by Gasteiger charge is -2.25. The number of nitrogens with zero attached hydrogens (tertiary/aromatic N) is 1. The maximum Gasteiger partial charge on any atom is 0.326 e. The first-order chi connectivity index (χ1) is 9.58. The summed E-state index contributed by atoms with van der Waals surface area (Å²) in [5, 5.41) is 2.34. The number of ether oxygens (including phenoxy) is 1. The molecule has 2 saturated heterocycles. The van der Waals surface area contributed by atoms with Gasteiger partial charge in [0.05, 0.1) is 18.9 Å². The molecule has 0 bridgehead atoms. The second-order valence-corrected chi connectivity index (χ2v) is 8.44. The number of methoxy groups -OCH3 is 1. The van der Waals surface area contributed by atoms with Crippen molar-refractivity contribution in [1.29, 1.82) is 0 Å². The SMILES string of the molecule is COC(=O)[C@@H]1[C@@H]2[C@@H](CC[P@@]2(=O)c2ccccc2)ON1C. The molecule has 0 unspecified atom stereocenters. The number of fused-ring (bicyclic) bond motifs is 1. The van der Waals surface area contributed by atoms with Gasteiger partial charge in [-0.3, -0.25) is 9.63 Å². The molecule has 2 aliphatic rings. The molecule has 2 fully saturated rings. The molecule has 0 saturated carbocycles. The van der Waals surface area contributed by atoms with Crippen molar-refractivity contribution in [2.75, 3.05) is 20.3 Å². The molecule has 4 atom stereocenters. The van der Waals surface area contributed by atoms with Crippen LogP contribution in [-0.2, 0) is 18.9 Å².